The van der Waals surface area contributed by atoms with Crippen LogP contribution in [-0.4, -0.2) is 15.8 Å². The molecule has 0 amide bonds. The van der Waals surface area contributed by atoms with Gasteiger partial charge in [0.05, 0.1) is 0 Å². The molecular weight excluding hydrogens is 326 g/mol. The third-order valence-electron chi connectivity index (χ3n) is 4.29. The Morgan fingerprint density at radius 2 is 1.77 bits per heavy atom. The molecule has 0 atom stereocenters. The maximum atomic E-state index is 12.2. The number of anilines is 2. The van der Waals surface area contributed by atoms with Gasteiger partial charge < -0.3 is 10.3 Å². The fraction of sp³-hybridized carbons (Fsp3) is 0.0952. The Hall–Kier alpha value is -3.47. The zero-order valence-corrected chi connectivity index (χ0v) is 14.2. The number of rotatable bonds is 4. The number of aromatic amines is 1. The number of hydrogen-bond donors (Lipinski definition) is 2. The zero-order valence-electron chi connectivity index (χ0n) is 14.2. The van der Waals surface area contributed by atoms with Crippen molar-refractivity contribution in [3.63, 3.8) is 0 Å². The summed E-state index contributed by atoms with van der Waals surface area (Å²) in [6.45, 7) is 1.59. The van der Waals surface area contributed by atoms with Gasteiger partial charge in [0.15, 0.2) is 0 Å². The van der Waals surface area contributed by atoms with Gasteiger partial charge in [-0.1, -0.05) is 12.1 Å². The second kappa shape index (κ2) is 6.44. The highest BCUT2D eigenvalue weighted by Gasteiger charge is 2.07. The van der Waals surface area contributed by atoms with Crippen molar-refractivity contribution in [3.05, 3.63) is 76.7 Å². The monoisotopic (exact) mass is 343 g/mol. The van der Waals surface area contributed by atoms with Gasteiger partial charge in [0.1, 0.15) is 11.4 Å². The van der Waals surface area contributed by atoms with Crippen molar-refractivity contribution in [2.24, 2.45) is 0 Å². The number of hydrogen-bond acceptors (Lipinski definition) is 4. The molecule has 0 aliphatic heterocycles. The van der Waals surface area contributed by atoms with Gasteiger partial charge in [-0.15, -0.1) is 0 Å². The number of benzene rings is 2. The maximum absolute atomic E-state index is 12.2. The number of Topliss-reactive ketones (excluding diaryl/α,β-unsaturated/α-hetero) is 1. The second-order valence-electron chi connectivity index (χ2n) is 6.31. The van der Waals surface area contributed by atoms with E-state index in [2.05, 4.69) is 15.3 Å². The topological polar surface area (TPSA) is 74.8 Å². The van der Waals surface area contributed by atoms with E-state index in [0.29, 0.717) is 17.5 Å². The molecule has 0 saturated carbocycles. The fourth-order valence-electron chi connectivity index (χ4n) is 3.10. The molecule has 4 aromatic rings. The van der Waals surface area contributed by atoms with Gasteiger partial charge in [0.25, 0.3) is 5.56 Å². The highest BCUT2D eigenvalue weighted by atomic mass is 16.1. The summed E-state index contributed by atoms with van der Waals surface area (Å²) < 4.78 is 0. The molecule has 128 valence electrons. The van der Waals surface area contributed by atoms with Gasteiger partial charge >= 0.3 is 0 Å². The summed E-state index contributed by atoms with van der Waals surface area (Å²) in [5.74, 6) is 0.144. The number of carbonyl (C=O) groups is 1. The summed E-state index contributed by atoms with van der Waals surface area (Å²) in [5, 5.41) is 5.74. The minimum atomic E-state index is -0.147. The first-order valence-corrected chi connectivity index (χ1v) is 8.36. The second-order valence-corrected chi connectivity index (χ2v) is 6.31. The molecule has 0 unspecified atom stereocenters. The number of ketones is 1. The number of aromatic nitrogens is 2. The van der Waals surface area contributed by atoms with Gasteiger partial charge in [-0.05, 0) is 55.0 Å². The Kier molecular flexibility index (Phi) is 3.97. The molecule has 0 spiro atoms. The van der Waals surface area contributed by atoms with Gasteiger partial charge in [-0.2, -0.15) is 0 Å². The first-order chi connectivity index (χ1) is 12.6. The highest BCUT2D eigenvalue weighted by Crippen LogP contribution is 2.25. The SMILES string of the molecule is CC(=O)Cc1ccc(Nc2ccc3c(=O)[nH]c4ncccc4c3c2)cc1. The number of nitrogens with one attached hydrogen (secondary N) is 2. The Morgan fingerprint density at radius 3 is 2.54 bits per heavy atom. The van der Waals surface area contributed by atoms with E-state index >= 15 is 0 Å². The van der Waals surface area contributed by atoms with E-state index in [4.69, 9.17) is 0 Å². The van der Waals surface area contributed by atoms with Crippen LogP contribution in [0.25, 0.3) is 21.8 Å². The van der Waals surface area contributed by atoms with E-state index in [-0.39, 0.29) is 11.3 Å². The summed E-state index contributed by atoms with van der Waals surface area (Å²) in [6.07, 6.45) is 2.10. The molecule has 5 heteroatoms. The van der Waals surface area contributed by atoms with Crippen molar-refractivity contribution in [2.45, 2.75) is 13.3 Å². The molecule has 0 bridgehead atoms. The molecule has 2 heterocycles. The number of pyridine rings is 2. The fourth-order valence-corrected chi connectivity index (χ4v) is 3.10. The lowest BCUT2D eigenvalue weighted by Crippen LogP contribution is -2.07. The van der Waals surface area contributed by atoms with Crippen LogP contribution in [0.3, 0.4) is 0 Å². The molecule has 4 rings (SSSR count). The summed E-state index contributed by atoms with van der Waals surface area (Å²) in [4.78, 5) is 30.5. The van der Waals surface area contributed by atoms with Crippen LogP contribution >= 0.6 is 0 Å². The van der Waals surface area contributed by atoms with Crippen LogP contribution in [0, 0.1) is 0 Å². The molecule has 2 N–H and O–H groups in total. The zero-order chi connectivity index (χ0) is 18.1. The first-order valence-electron chi connectivity index (χ1n) is 8.36. The third-order valence-corrected chi connectivity index (χ3v) is 4.29. The van der Waals surface area contributed by atoms with E-state index in [1.54, 1.807) is 13.1 Å². The predicted molar refractivity (Wildman–Crippen MR) is 104 cm³/mol. The van der Waals surface area contributed by atoms with Crippen molar-refractivity contribution in [1.82, 2.24) is 9.97 Å². The molecule has 26 heavy (non-hydrogen) atoms. The summed E-state index contributed by atoms with van der Waals surface area (Å²) in [5.41, 5.74) is 3.23. The van der Waals surface area contributed by atoms with Crippen LogP contribution in [0.5, 0.6) is 0 Å². The smallest absolute Gasteiger partial charge is 0.257 e. The van der Waals surface area contributed by atoms with E-state index in [0.717, 1.165) is 27.7 Å². The molecule has 2 aromatic heterocycles. The maximum Gasteiger partial charge on any atom is 0.257 e. The number of H-pyrrole nitrogens is 1. The molecular formula is C21H17N3O2. The summed E-state index contributed by atoms with van der Waals surface area (Å²) in [6, 6.07) is 17.2. The number of carbonyl (C=O) groups excluding carboxylic acids is 1. The Balaban J connectivity index is 1.72. The Morgan fingerprint density at radius 1 is 1.00 bits per heavy atom. The highest BCUT2D eigenvalue weighted by molar-refractivity contribution is 6.05. The van der Waals surface area contributed by atoms with Gasteiger partial charge in [-0.3, -0.25) is 9.59 Å². The lowest BCUT2D eigenvalue weighted by atomic mass is 10.1. The molecule has 0 saturated heterocycles. The molecule has 5 nitrogen and oxygen atoms in total. The molecule has 0 radical (unpaired) electrons. The van der Waals surface area contributed by atoms with Crippen molar-refractivity contribution in [3.8, 4) is 0 Å². The van der Waals surface area contributed by atoms with Gasteiger partial charge in [-0.25, -0.2) is 4.98 Å². The minimum absolute atomic E-state index is 0.144. The normalized spacial score (nSPS) is 11.0. The van der Waals surface area contributed by atoms with Crippen LogP contribution in [0.2, 0.25) is 0 Å². The van der Waals surface area contributed by atoms with Crippen molar-refractivity contribution in [2.75, 3.05) is 5.32 Å². The van der Waals surface area contributed by atoms with E-state index in [9.17, 15) is 9.59 Å². The molecule has 0 aliphatic carbocycles. The quantitative estimate of drug-likeness (QED) is 0.550. The lowest BCUT2D eigenvalue weighted by Gasteiger charge is -2.09. The molecule has 2 aromatic carbocycles. The van der Waals surface area contributed by atoms with Crippen LogP contribution in [0.15, 0.2) is 65.6 Å². The van der Waals surface area contributed by atoms with Gasteiger partial charge in [0, 0.05) is 40.2 Å². The molecule has 0 fully saturated rings. The van der Waals surface area contributed by atoms with E-state index < -0.39 is 0 Å². The van der Waals surface area contributed by atoms with Crippen molar-refractivity contribution < 1.29 is 4.79 Å². The Bertz CT molecular complexity index is 1180. The molecule has 0 aliphatic rings. The summed E-state index contributed by atoms with van der Waals surface area (Å²) >= 11 is 0. The summed E-state index contributed by atoms with van der Waals surface area (Å²) in [7, 11) is 0. The van der Waals surface area contributed by atoms with Crippen LogP contribution in [0.1, 0.15) is 12.5 Å². The average Bonchev–Trinajstić information content (AvgIpc) is 2.63. The van der Waals surface area contributed by atoms with Crippen molar-refractivity contribution in [1.29, 1.82) is 0 Å². The van der Waals surface area contributed by atoms with Crippen LogP contribution < -0.4 is 10.9 Å². The van der Waals surface area contributed by atoms with E-state index in [1.165, 1.54) is 0 Å². The predicted octanol–water partition coefficient (Wildman–Crippen LogP) is 3.95. The van der Waals surface area contributed by atoms with E-state index in [1.807, 2.05) is 54.6 Å². The van der Waals surface area contributed by atoms with Crippen molar-refractivity contribution >= 4 is 39.0 Å². The average molecular weight is 343 g/mol. The van der Waals surface area contributed by atoms with Crippen LogP contribution in [-0.2, 0) is 11.2 Å². The van der Waals surface area contributed by atoms with Crippen LogP contribution in [0.4, 0.5) is 11.4 Å². The third kappa shape index (κ3) is 3.07. The van der Waals surface area contributed by atoms with Gasteiger partial charge in [0.2, 0.25) is 0 Å². The Labute approximate surface area is 149 Å². The standard InChI is InChI=1S/C21H17N3O2/c1-13(25)11-14-4-6-15(7-5-14)23-16-8-9-18-19(12-16)17-3-2-10-22-20(17)24-21(18)26/h2-10,12,23H,11H2,1H3,(H,22,24,26). The largest absolute Gasteiger partial charge is 0.356 e. The number of nitrogens with zero attached hydrogens (tertiary/aromatic N) is 1. The number of fused-ring (bicyclic) bond motifs is 3. The lowest BCUT2D eigenvalue weighted by molar-refractivity contribution is -0.116. The minimum Gasteiger partial charge on any atom is -0.356 e. The first kappa shape index (κ1) is 16.0.